The molecule has 2 rings (SSSR count). The fourth-order valence-electron chi connectivity index (χ4n) is 3.20. The van der Waals surface area contributed by atoms with Crippen LogP contribution in [0.3, 0.4) is 0 Å². The van der Waals surface area contributed by atoms with Gasteiger partial charge >= 0.3 is 0 Å². The van der Waals surface area contributed by atoms with E-state index in [4.69, 9.17) is 0 Å². The molecule has 0 aromatic heterocycles. The van der Waals surface area contributed by atoms with E-state index in [0.29, 0.717) is 5.75 Å². The molecule has 1 heterocycles. The second-order valence-corrected chi connectivity index (χ2v) is 5.61. The minimum Gasteiger partial charge on any atom is -0.508 e. The van der Waals surface area contributed by atoms with Crippen LogP contribution in [0, 0.1) is 0 Å². The van der Waals surface area contributed by atoms with Crippen molar-refractivity contribution in [2.24, 2.45) is 0 Å². The summed E-state index contributed by atoms with van der Waals surface area (Å²) in [4.78, 5) is 0. The van der Waals surface area contributed by atoms with E-state index < -0.39 is 0 Å². The van der Waals surface area contributed by atoms with Crippen molar-refractivity contribution in [3.05, 3.63) is 29.8 Å². The Labute approximate surface area is 110 Å². The first-order valence-corrected chi connectivity index (χ1v) is 7.27. The van der Waals surface area contributed by atoms with Gasteiger partial charge in [-0.25, -0.2) is 0 Å². The monoisotopic (exact) mass is 247 g/mol. The number of phenols is 1. The molecule has 2 N–H and O–H groups in total. The summed E-state index contributed by atoms with van der Waals surface area (Å²) in [7, 11) is 0. The van der Waals surface area contributed by atoms with E-state index in [1.807, 2.05) is 12.1 Å². The van der Waals surface area contributed by atoms with Crippen molar-refractivity contribution >= 4 is 0 Å². The van der Waals surface area contributed by atoms with Crippen LogP contribution < -0.4 is 5.32 Å². The van der Waals surface area contributed by atoms with Crippen LogP contribution in [0.1, 0.15) is 51.0 Å². The van der Waals surface area contributed by atoms with Gasteiger partial charge < -0.3 is 10.4 Å². The molecule has 18 heavy (non-hydrogen) atoms. The fourth-order valence-corrected chi connectivity index (χ4v) is 3.20. The van der Waals surface area contributed by atoms with Crippen molar-refractivity contribution in [3.63, 3.8) is 0 Å². The lowest BCUT2D eigenvalue weighted by atomic mass is 9.83. The molecule has 2 nitrogen and oxygen atoms in total. The zero-order chi connectivity index (χ0) is 12.8. The van der Waals surface area contributed by atoms with E-state index in [9.17, 15) is 5.11 Å². The molecule has 1 fully saturated rings. The Hall–Kier alpha value is -1.02. The number of rotatable bonds is 4. The van der Waals surface area contributed by atoms with Gasteiger partial charge in [-0.1, -0.05) is 38.3 Å². The molecule has 2 heteroatoms. The van der Waals surface area contributed by atoms with E-state index in [-0.39, 0.29) is 5.54 Å². The van der Waals surface area contributed by atoms with Crippen molar-refractivity contribution < 1.29 is 5.11 Å². The lowest BCUT2D eigenvalue weighted by molar-refractivity contribution is 0.288. The first kappa shape index (κ1) is 13.4. The molecular formula is C16H25NO. The van der Waals surface area contributed by atoms with Gasteiger partial charge in [0, 0.05) is 5.54 Å². The van der Waals surface area contributed by atoms with Crippen LogP contribution in [-0.2, 0) is 6.42 Å². The van der Waals surface area contributed by atoms with Gasteiger partial charge in [0.25, 0.3) is 0 Å². The lowest BCUT2D eigenvalue weighted by Gasteiger charge is -2.34. The third-order valence-corrected chi connectivity index (χ3v) is 4.01. The minimum atomic E-state index is 0.249. The molecule has 0 amide bonds. The lowest BCUT2D eigenvalue weighted by Crippen LogP contribution is -2.46. The standard InChI is InChI=1S/C16H25NO/c1-2-9-16(10-4-3-5-11-17-16)13-14-7-6-8-15(18)12-14/h6-8,12,17-18H,2-5,9-11,13H2,1H3. The summed E-state index contributed by atoms with van der Waals surface area (Å²) in [6.07, 6.45) is 8.70. The van der Waals surface area contributed by atoms with Gasteiger partial charge in [-0.05, 0) is 49.9 Å². The number of hydrogen-bond acceptors (Lipinski definition) is 2. The van der Waals surface area contributed by atoms with E-state index in [2.05, 4.69) is 18.3 Å². The summed E-state index contributed by atoms with van der Waals surface area (Å²) in [6, 6.07) is 7.73. The van der Waals surface area contributed by atoms with Gasteiger partial charge in [0.05, 0.1) is 0 Å². The quantitative estimate of drug-likeness (QED) is 0.851. The van der Waals surface area contributed by atoms with Crippen molar-refractivity contribution in [2.45, 2.75) is 57.4 Å². The van der Waals surface area contributed by atoms with Gasteiger partial charge in [-0.15, -0.1) is 0 Å². The zero-order valence-electron chi connectivity index (χ0n) is 11.4. The molecule has 0 spiro atoms. The molecule has 100 valence electrons. The SMILES string of the molecule is CCCC1(Cc2cccc(O)c2)CCCCCN1. The molecule has 0 saturated carbocycles. The van der Waals surface area contributed by atoms with Crippen LogP contribution in [-0.4, -0.2) is 17.2 Å². The number of hydrogen-bond donors (Lipinski definition) is 2. The largest absolute Gasteiger partial charge is 0.508 e. The minimum absolute atomic E-state index is 0.249. The summed E-state index contributed by atoms with van der Waals surface area (Å²) in [5.74, 6) is 0.382. The molecule has 0 aliphatic carbocycles. The summed E-state index contributed by atoms with van der Waals surface area (Å²) >= 11 is 0. The number of benzene rings is 1. The van der Waals surface area contributed by atoms with Gasteiger partial charge in [0.1, 0.15) is 5.75 Å². The molecule has 1 aromatic carbocycles. The Bertz CT molecular complexity index is 367. The van der Waals surface area contributed by atoms with Crippen molar-refractivity contribution in [2.75, 3.05) is 6.54 Å². The Balaban J connectivity index is 2.13. The van der Waals surface area contributed by atoms with Gasteiger partial charge in [0.2, 0.25) is 0 Å². The first-order valence-electron chi connectivity index (χ1n) is 7.27. The molecule has 0 radical (unpaired) electrons. The Kier molecular flexibility index (Phi) is 4.65. The smallest absolute Gasteiger partial charge is 0.115 e. The molecule has 1 aliphatic rings. The Morgan fingerprint density at radius 3 is 2.94 bits per heavy atom. The molecule has 1 aliphatic heterocycles. The van der Waals surface area contributed by atoms with E-state index >= 15 is 0 Å². The summed E-state index contributed by atoms with van der Waals surface area (Å²) in [5.41, 5.74) is 1.50. The van der Waals surface area contributed by atoms with Gasteiger partial charge in [-0.2, -0.15) is 0 Å². The third kappa shape index (κ3) is 3.49. The van der Waals surface area contributed by atoms with E-state index in [1.54, 1.807) is 6.07 Å². The topological polar surface area (TPSA) is 32.3 Å². The highest BCUT2D eigenvalue weighted by Crippen LogP contribution is 2.28. The first-order chi connectivity index (χ1) is 8.74. The van der Waals surface area contributed by atoms with Crippen LogP contribution in [0.4, 0.5) is 0 Å². The second kappa shape index (κ2) is 6.24. The van der Waals surface area contributed by atoms with Crippen LogP contribution >= 0.6 is 0 Å². The second-order valence-electron chi connectivity index (χ2n) is 5.61. The maximum absolute atomic E-state index is 9.59. The van der Waals surface area contributed by atoms with Crippen molar-refractivity contribution in [3.8, 4) is 5.75 Å². The zero-order valence-corrected chi connectivity index (χ0v) is 11.4. The number of nitrogens with one attached hydrogen (secondary N) is 1. The molecule has 1 atom stereocenters. The average molecular weight is 247 g/mol. The fraction of sp³-hybridized carbons (Fsp3) is 0.625. The van der Waals surface area contributed by atoms with E-state index in [1.165, 1.54) is 44.1 Å². The van der Waals surface area contributed by atoms with Crippen LogP contribution in [0.15, 0.2) is 24.3 Å². The van der Waals surface area contributed by atoms with Gasteiger partial charge in [-0.3, -0.25) is 0 Å². The Morgan fingerprint density at radius 1 is 1.28 bits per heavy atom. The normalized spacial score (nSPS) is 24.7. The highest BCUT2D eigenvalue weighted by molar-refractivity contribution is 5.28. The van der Waals surface area contributed by atoms with Crippen LogP contribution in [0.25, 0.3) is 0 Å². The maximum atomic E-state index is 9.59. The average Bonchev–Trinajstić information content (AvgIpc) is 2.55. The summed E-state index contributed by atoms with van der Waals surface area (Å²) in [6.45, 7) is 3.40. The van der Waals surface area contributed by atoms with Crippen LogP contribution in [0.5, 0.6) is 5.75 Å². The molecular weight excluding hydrogens is 222 g/mol. The van der Waals surface area contributed by atoms with E-state index in [0.717, 1.165) is 13.0 Å². The summed E-state index contributed by atoms with van der Waals surface area (Å²) < 4.78 is 0. The summed E-state index contributed by atoms with van der Waals surface area (Å²) in [5, 5.41) is 13.4. The van der Waals surface area contributed by atoms with Crippen LogP contribution in [0.2, 0.25) is 0 Å². The molecule has 1 unspecified atom stereocenters. The highest BCUT2D eigenvalue weighted by Gasteiger charge is 2.29. The predicted octanol–water partition coefficient (Wildman–Crippen LogP) is 3.64. The third-order valence-electron chi connectivity index (χ3n) is 4.01. The Morgan fingerprint density at radius 2 is 2.17 bits per heavy atom. The molecule has 1 saturated heterocycles. The number of phenolic OH excluding ortho intramolecular Hbond substituents is 1. The van der Waals surface area contributed by atoms with Crippen molar-refractivity contribution in [1.82, 2.24) is 5.32 Å². The maximum Gasteiger partial charge on any atom is 0.115 e. The predicted molar refractivity (Wildman–Crippen MR) is 75.9 cm³/mol. The highest BCUT2D eigenvalue weighted by atomic mass is 16.3. The van der Waals surface area contributed by atoms with Gasteiger partial charge in [0.15, 0.2) is 0 Å². The van der Waals surface area contributed by atoms with Crippen molar-refractivity contribution in [1.29, 1.82) is 0 Å². The molecule has 1 aromatic rings. The molecule has 0 bridgehead atoms. The number of aromatic hydroxyl groups is 1.